The summed E-state index contributed by atoms with van der Waals surface area (Å²) in [5, 5.41) is 1.00. The van der Waals surface area contributed by atoms with E-state index >= 15 is 0 Å². The van der Waals surface area contributed by atoms with E-state index in [1.54, 1.807) is 11.3 Å². The number of ketones is 1. The second-order valence-electron chi connectivity index (χ2n) is 6.56. The van der Waals surface area contributed by atoms with Crippen molar-refractivity contribution in [3.8, 4) is 0 Å². The van der Waals surface area contributed by atoms with Gasteiger partial charge in [-0.1, -0.05) is 32.1 Å². The number of Topliss-reactive ketones (excluding diaryl/α,β-unsaturated/α-hetero) is 1. The molecule has 1 unspecified atom stereocenters. The van der Waals surface area contributed by atoms with E-state index in [4.69, 9.17) is 9.72 Å². The minimum atomic E-state index is 0.0480. The fraction of sp³-hybridized carbons (Fsp3) is 0.733. The Labute approximate surface area is 124 Å². The molecule has 0 spiro atoms. The minimum Gasteiger partial charge on any atom is -0.375 e. The van der Waals surface area contributed by atoms with Crippen LogP contribution in [0, 0.1) is 5.41 Å². The van der Waals surface area contributed by atoms with Gasteiger partial charge in [-0.15, -0.1) is 0 Å². The van der Waals surface area contributed by atoms with Gasteiger partial charge in [-0.05, 0) is 18.3 Å². The van der Waals surface area contributed by atoms with Crippen LogP contribution in [0.4, 0.5) is 5.13 Å². The lowest BCUT2D eigenvalue weighted by Crippen LogP contribution is -2.42. The molecular formula is C15H22N2O2S. The van der Waals surface area contributed by atoms with Crippen molar-refractivity contribution in [3.05, 3.63) is 10.6 Å². The Morgan fingerprint density at radius 3 is 3.00 bits per heavy atom. The molecule has 1 aliphatic carbocycles. The molecule has 0 N–H and O–H groups in total. The average molecular weight is 294 g/mol. The summed E-state index contributed by atoms with van der Waals surface area (Å²) in [5.41, 5.74) is 1.05. The standard InChI is InChI=1S/C15H22N2O2S/c1-4-10-9-17(5-6-19-10)14-16-11-7-15(2,3)8-12(18)13(11)20-14/h10H,4-9H2,1-3H3. The van der Waals surface area contributed by atoms with Crippen LogP contribution in [0.25, 0.3) is 0 Å². The first-order chi connectivity index (χ1) is 9.48. The van der Waals surface area contributed by atoms with E-state index in [1.807, 2.05) is 0 Å². The predicted molar refractivity (Wildman–Crippen MR) is 80.8 cm³/mol. The van der Waals surface area contributed by atoms with Crippen LogP contribution in [-0.2, 0) is 11.2 Å². The van der Waals surface area contributed by atoms with Gasteiger partial charge in [0.1, 0.15) is 0 Å². The largest absolute Gasteiger partial charge is 0.375 e. The van der Waals surface area contributed by atoms with Crippen molar-refractivity contribution in [1.29, 1.82) is 0 Å². The zero-order valence-corrected chi connectivity index (χ0v) is 13.3. The van der Waals surface area contributed by atoms with E-state index in [2.05, 4.69) is 25.7 Å². The van der Waals surface area contributed by atoms with Crippen molar-refractivity contribution in [1.82, 2.24) is 4.98 Å². The molecule has 0 saturated carbocycles. The first kappa shape index (κ1) is 14.0. The summed E-state index contributed by atoms with van der Waals surface area (Å²) in [6.45, 7) is 8.96. The van der Waals surface area contributed by atoms with Crippen LogP contribution in [0.1, 0.15) is 49.0 Å². The number of carbonyl (C=O) groups excluding carboxylic acids is 1. The second kappa shape index (κ2) is 5.11. The maximum Gasteiger partial charge on any atom is 0.186 e. The third-order valence-electron chi connectivity index (χ3n) is 4.09. The van der Waals surface area contributed by atoms with Crippen LogP contribution in [0.2, 0.25) is 0 Å². The first-order valence-corrected chi connectivity index (χ1v) is 8.19. The fourth-order valence-electron chi connectivity index (χ4n) is 2.98. The number of ether oxygens (including phenoxy) is 1. The Morgan fingerprint density at radius 2 is 2.25 bits per heavy atom. The van der Waals surface area contributed by atoms with E-state index in [9.17, 15) is 4.79 Å². The molecule has 2 heterocycles. The van der Waals surface area contributed by atoms with Gasteiger partial charge >= 0.3 is 0 Å². The summed E-state index contributed by atoms with van der Waals surface area (Å²) < 4.78 is 5.70. The number of aromatic nitrogens is 1. The topological polar surface area (TPSA) is 42.4 Å². The molecule has 4 nitrogen and oxygen atoms in total. The quantitative estimate of drug-likeness (QED) is 0.841. The van der Waals surface area contributed by atoms with Crippen LogP contribution < -0.4 is 4.90 Å². The van der Waals surface area contributed by atoms with E-state index in [0.717, 1.165) is 48.2 Å². The molecule has 1 atom stereocenters. The number of morpholine rings is 1. The van der Waals surface area contributed by atoms with Gasteiger partial charge in [-0.3, -0.25) is 4.79 Å². The summed E-state index contributed by atoms with van der Waals surface area (Å²) in [7, 11) is 0. The summed E-state index contributed by atoms with van der Waals surface area (Å²) in [5.74, 6) is 0.264. The third kappa shape index (κ3) is 2.61. The molecule has 0 aromatic carbocycles. The summed E-state index contributed by atoms with van der Waals surface area (Å²) in [6, 6.07) is 0. The molecule has 0 amide bonds. The fourth-order valence-corrected chi connectivity index (χ4v) is 4.04. The molecule has 2 aliphatic rings. The zero-order chi connectivity index (χ0) is 14.3. The highest BCUT2D eigenvalue weighted by atomic mass is 32.1. The Balaban J connectivity index is 1.85. The number of hydrogen-bond donors (Lipinski definition) is 0. The van der Waals surface area contributed by atoms with Crippen molar-refractivity contribution in [2.75, 3.05) is 24.6 Å². The van der Waals surface area contributed by atoms with Gasteiger partial charge in [0.05, 0.1) is 23.3 Å². The number of thiazole rings is 1. The Kier molecular flexibility index (Phi) is 3.58. The molecule has 1 aromatic rings. The number of nitrogens with zero attached hydrogens (tertiary/aromatic N) is 2. The van der Waals surface area contributed by atoms with Crippen LogP contribution in [-0.4, -0.2) is 36.6 Å². The summed E-state index contributed by atoms with van der Waals surface area (Å²) in [6.07, 6.45) is 2.86. The number of hydrogen-bond acceptors (Lipinski definition) is 5. The highest BCUT2D eigenvalue weighted by molar-refractivity contribution is 7.17. The monoisotopic (exact) mass is 294 g/mol. The van der Waals surface area contributed by atoms with Gasteiger partial charge in [0.2, 0.25) is 0 Å². The van der Waals surface area contributed by atoms with Crippen molar-refractivity contribution < 1.29 is 9.53 Å². The molecule has 1 aliphatic heterocycles. The molecule has 5 heteroatoms. The second-order valence-corrected chi connectivity index (χ2v) is 7.54. The zero-order valence-electron chi connectivity index (χ0n) is 12.4. The number of carbonyl (C=O) groups is 1. The van der Waals surface area contributed by atoms with Gasteiger partial charge in [-0.25, -0.2) is 4.98 Å². The normalized spacial score (nSPS) is 25.6. The van der Waals surface area contributed by atoms with Crippen molar-refractivity contribution in [2.24, 2.45) is 5.41 Å². The van der Waals surface area contributed by atoms with Crippen LogP contribution in [0.5, 0.6) is 0 Å². The van der Waals surface area contributed by atoms with E-state index in [0.29, 0.717) is 6.42 Å². The number of fused-ring (bicyclic) bond motifs is 1. The lowest BCUT2D eigenvalue weighted by Gasteiger charge is -2.32. The van der Waals surface area contributed by atoms with Gasteiger partial charge in [0.25, 0.3) is 0 Å². The van der Waals surface area contributed by atoms with E-state index in [1.165, 1.54) is 0 Å². The van der Waals surface area contributed by atoms with Gasteiger partial charge in [-0.2, -0.15) is 0 Å². The highest BCUT2D eigenvalue weighted by Crippen LogP contribution is 2.39. The minimum absolute atomic E-state index is 0.0480. The third-order valence-corrected chi connectivity index (χ3v) is 5.29. The van der Waals surface area contributed by atoms with Crippen molar-refractivity contribution in [3.63, 3.8) is 0 Å². The highest BCUT2D eigenvalue weighted by Gasteiger charge is 2.35. The van der Waals surface area contributed by atoms with Crippen LogP contribution >= 0.6 is 11.3 Å². The molecule has 1 aromatic heterocycles. The van der Waals surface area contributed by atoms with Gasteiger partial charge in [0, 0.05) is 19.5 Å². The Bertz CT molecular complexity index is 524. The Hall–Kier alpha value is -0.940. The lowest BCUT2D eigenvalue weighted by atomic mass is 9.78. The molecule has 0 bridgehead atoms. The lowest BCUT2D eigenvalue weighted by molar-refractivity contribution is 0.0384. The molecule has 0 radical (unpaired) electrons. The smallest absolute Gasteiger partial charge is 0.186 e. The number of anilines is 1. The number of rotatable bonds is 2. The molecule has 110 valence electrons. The molecular weight excluding hydrogens is 272 g/mol. The average Bonchev–Trinajstić information content (AvgIpc) is 2.81. The first-order valence-electron chi connectivity index (χ1n) is 7.38. The van der Waals surface area contributed by atoms with Crippen molar-refractivity contribution in [2.45, 2.75) is 46.1 Å². The molecule has 20 heavy (non-hydrogen) atoms. The van der Waals surface area contributed by atoms with Gasteiger partial charge < -0.3 is 9.64 Å². The molecule has 1 fully saturated rings. The predicted octanol–water partition coefficient (Wildman–Crippen LogP) is 2.91. The summed E-state index contributed by atoms with van der Waals surface area (Å²) >= 11 is 1.57. The van der Waals surface area contributed by atoms with Gasteiger partial charge in [0.15, 0.2) is 10.9 Å². The van der Waals surface area contributed by atoms with Crippen LogP contribution in [0.3, 0.4) is 0 Å². The maximum absolute atomic E-state index is 12.2. The van der Waals surface area contributed by atoms with Crippen molar-refractivity contribution >= 4 is 22.3 Å². The SMILES string of the molecule is CCC1CN(c2nc3c(s2)C(=O)CC(C)(C)C3)CCO1. The van der Waals surface area contributed by atoms with E-state index in [-0.39, 0.29) is 17.3 Å². The van der Waals surface area contributed by atoms with Crippen LogP contribution in [0.15, 0.2) is 0 Å². The van der Waals surface area contributed by atoms with E-state index < -0.39 is 0 Å². The molecule has 3 rings (SSSR count). The Morgan fingerprint density at radius 1 is 1.45 bits per heavy atom. The molecule has 1 saturated heterocycles. The maximum atomic E-state index is 12.2. The summed E-state index contributed by atoms with van der Waals surface area (Å²) in [4.78, 5) is 20.2.